The highest BCUT2D eigenvalue weighted by Crippen LogP contribution is 2.38. The molecule has 0 aromatic heterocycles. The van der Waals surface area contributed by atoms with Crippen LogP contribution in [0.15, 0.2) is 71.6 Å². The van der Waals surface area contributed by atoms with E-state index in [4.69, 9.17) is 4.74 Å². The Balaban J connectivity index is 1.59. The van der Waals surface area contributed by atoms with E-state index >= 15 is 0 Å². The van der Waals surface area contributed by atoms with Crippen molar-refractivity contribution in [1.82, 2.24) is 16.0 Å². The lowest BCUT2D eigenvalue weighted by atomic mass is 9.98. The zero-order valence-corrected chi connectivity index (χ0v) is 23.3. The molecule has 0 spiro atoms. The second-order valence-corrected chi connectivity index (χ2v) is 10.3. The van der Waals surface area contributed by atoms with Crippen molar-refractivity contribution in [2.24, 2.45) is 0 Å². The highest BCUT2D eigenvalue weighted by Gasteiger charge is 2.32. The fourth-order valence-corrected chi connectivity index (χ4v) is 5.56. The van der Waals surface area contributed by atoms with Gasteiger partial charge >= 0.3 is 6.03 Å². The monoisotopic (exact) mass is 546 g/mol. The van der Waals surface area contributed by atoms with Gasteiger partial charge in [0.15, 0.2) is 0 Å². The van der Waals surface area contributed by atoms with E-state index in [0.717, 1.165) is 45.0 Å². The third-order valence-electron chi connectivity index (χ3n) is 6.53. The summed E-state index contributed by atoms with van der Waals surface area (Å²) in [6.07, 6.45) is 1.11. The van der Waals surface area contributed by atoms with Gasteiger partial charge in [-0.05, 0) is 46.9 Å². The fraction of sp³-hybridized carbons (Fsp3) is 0.300. The molecule has 3 N–H and O–H groups in total. The number of methoxy groups -OCH3 is 1. The lowest BCUT2D eigenvalue weighted by Gasteiger charge is -2.26. The Kier molecular flexibility index (Phi) is 9.49. The molecule has 0 aliphatic carbocycles. The van der Waals surface area contributed by atoms with E-state index in [-0.39, 0.29) is 17.8 Å². The van der Waals surface area contributed by atoms with Crippen LogP contribution in [0.2, 0.25) is 0 Å². The average Bonchev–Trinajstić information content (AvgIpc) is 3.08. The predicted octanol–water partition coefficient (Wildman–Crippen LogP) is 4.72. The Morgan fingerprint density at radius 3 is 2.56 bits per heavy atom. The maximum Gasteiger partial charge on any atom is 0.314 e. The molecule has 0 radical (unpaired) electrons. The summed E-state index contributed by atoms with van der Waals surface area (Å²) in [6.45, 7) is 2.71. The van der Waals surface area contributed by atoms with Gasteiger partial charge in [0.1, 0.15) is 11.8 Å². The number of hydrogen-bond acceptors (Lipinski definition) is 5. The predicted molar refractivity (Wildman–Crippen MR) is 155 cm³/mol. The Bertz CT molecular complexity index is 1330. The highest BCUT2D eigenvalue weighted by molar-refractivity contribution is 7.99. The van der Waals surface area contributed by atoms with Gasteiger partial charge in [0.2, 0.25) is 5.91 Å². The minimum atomic E-state index is -0.619. The largest absolute Gasteiger partial charge is 0.497 e. The summed E-state index contributed by atoms with van der Waals surface area (Å²) in [5.74, 6) is 0.917. The van der Waals surface area contributed by atoms with Gasteiger partial charge in [-0.1, -0.05) is 55.5 Å². The summed E-state index contributed by atoms with van der Waals surface area (Å²) in [5.41, 5.74) is 4.80. The summed E-state index contributed by atoms with van der Waals surface area (Å²) in [6, 6.07) is 20.8. The van der Waals surface area contributed by atoms with Crippen LogP contribution >= 0.6 is 11.8 Å². The first kappa shape index (κ1) is 28.0. The number of anilines is 1. The van der Waals surface area contributed by atoms with E-state index in [0.29, 0.717) is 25.3 Å². The molecule has 3 aromatic rings. The molecule has 0 saturated heterocycles. The molecule has 4 amide bonds. The number of thioether (sulfide) groups is 1. The van der Waals surface area contributed by atoms with Crippen molar-refractivity contribution in [3.05, 3.63) is 77.9 Å². The lowest BCUT2D eigenvalue weighted by molar-refractivity contribution is -0.127. The molecule has 0 saturated carbocycles. The van der Waals surface area contributed by atoms with Crippen molar-refractivity contribution < 1.29 is 19.1 Å². The minimum absolute atomic E-state index is 0.117. The fourth-order valence-electron chi connectivity index (χ4n) is 4.46. The molecular formula is C30H34N4O4S. The van der Waals surface area contributed by atoms with Gasteiger partial charge in [0.25, 0.3) is 5.91 Å². The first-order chi connectivity index (χ1) is 18.9. The van der Waals surface area contributed by atoms with E-state index in [2.05, 4.69) is 16.0 Å². The van der Waals surface area contributed by atoms with Crippen molar-refractivity contribution in [3.63, 3.8) is 0 Å². The number of urea groups is 1. The molecule has 4 rings (SSSR count). The Morgan fingerprint density at radius 2 is 1.85 bits per heavy atom. The molecule has 0 fully saturated rings. The van der Waals surface area contributed by atoms with E-state index in [1.54, 1.807) is 30.8 Å². The molecular weight excluding hydrogens is 512 g/mol. The molecule has 1 heterocycles. The smallest absolute Gasteiger partial charge is 0.314 e. The molecule has 0 bridgehead atoms. The molecule has 3 aromatic carbocycles. The van der Waals surface area contributed by atoms with Crippen molar-refractivity contribution in [1.29, 1.82) is 0 Å². The second-order valence-electron chi connectivity index (χ2n) is 9.23. The molecule has 39 heavy (non-hydrogen) atoms. The summed E-state index contributed by atoms with van der Waals surface area (Å²) < 4.78 is 5.41. The van der Waals surface area contributed by atoms with Crippen molar-refractivity contribution in [3.8, 4) is 16.9 Å². The van der Waals surface area contributed by atoms with Gasteiger partial charge in [0, 0.05) is 30.7 Å². The van der Waals surface area contributed by atoms with Crippen LogP contribution in [0.4, 0.5) is 10.5 Å². The number of carbonyl (C=O) groups is 3. The van der Waals surface area contributed by atoms with Gasteiger partial charge < -0.3 is 25.6 Å². The van der Waals surface area contributed by atoms with Crippen LogP contribution in [0.5, 0.6) is 5.75 Å². The van der Waals surface area contributed by atoms with Gasteiger partial charge in [-0.3, -0.25) is 9.59 Å². The van der Waals surface area contributed by atoms with E-state index < -0.39 is 6.04 Å². The summed E-state index contributed by atoms with van der Waals surface area (Å²) >= 11 is 1.54. The van der Waals surface area contributed by atoms with Gasteiger partial charge in [-0.25, -0.2) is 4.79 Å². The zero-order valence-electron chi connectivity index (χ0n) is 22.5. The summed E-state index contributed by atoms with van der Waals surface area (Å²) in [5, 5.41) is 8.34. The number of hydrogen-bond donors (Lipinski definition) is 3. The molecule has 204 valence electrons. The van der Waals surface area contributed by atoms with Crippen LogP contribution < -0.4 is 25.6 Å². The van der Waals surface area contributed by atoms with Crippen molar-refractivity contribution in [2.45, 2.75) is 43.8 Å². The third kappa shape index (κ3) is 6.92. The third-order valence-corrected chi connectivity index (χ3v) is 7.67. The van der Waals surface area contributed by atoms with Crippen LogP contribution in [0, 0.1) is 0 Å². The number of rotatable bonds is 9. The number of amides is 4. The van der Waals surface area contributed by atoms with Crippen LogP contribution in [-0.2, 0) is 22.7 Å². The average molecular weight is 547 g/mol. The SMILES string of the molecule is CCCC(=O)N[C@@H]1CSc2cc(OC)ccc2N(Cc2ccc(-c3ccccc3CNC(=O)NC)cc2)C1=O. The number of fused-ring (bicyclic) bond motifs is 1. The zero-order chi connectivity index (χ0) is 27.8. The van der Waals surface area contributed by atoms with Gasteiger partial charge in [0.05, 0.1) is 19.3 Å². The van der Waals surface area contributed by atoms with Crippen LogP contribution in [0.25, 0.3) is 11.1 Å². The summed E-state index contributed by atoms with van der Waals surface area (Å²) in [7, 11) is 3.21. The Labute approximate surface area is 233 Å². The molecule has 9 heteroatoms. The number of ether oxygens (including phenoxy) is 1. The molecule has 1 aliphatic heterocycles. The summed E-state index contributed by atoms with van der Waals surface area (Å²) in [4.78, 5) is 40.4. The topological polar surface area (TPSA) is 99.8 Å². The number of nitrogens with zero attached hydrogens (tertiary/aromatic N) is 1. The maximum absolute atomic E-state index is 13.7. The molecule has 1 atom stereocenters. The first-order valence-corrected chi connectivity index (χ1v) is 14.0. The number of benzene rings is 3. The van der Waals surface area contributed by atoms with Crippen molar-refractivity contribution in [2.75, 3.05) is 24.8 Å². The standard InChI is InChI=1S/C30H34N4O4S/c1-4-7-28(35)33-25-19-39-27-16-23(38-3)14-15-26(27)34(29(25)36)18-20-10-12-21(13-11-20)24-9-6-5-8-22(24)17-32-30(37)31-2/h5-6,8-16,25H,4,7,17-19H2,1-3H3,(H,33,35)(H2,31,32,37)/t25-/m1/s1. The van der Waals surface area contributed by atoms with Crippen LogP contribution in [-0.4, -0.2) is 43.8 Å². The van der Waals surface area contributed by atoms with E-state index in [1.807, 2.05) is 73.7 Å². The second kappa shape index (κ2) is 13.2. The van der Waals surface area contributed by atoms with Crippen LogP contribution in [0.3, 0.4) is 0 Å². The molecule has 8 nitrogen and oxygen atoms in total. The number of nitrogens with one attached hydrogen (secondary N) is 3. The highest BCUT2D eigenvalue weighted by atomic mass is 32.2. The Morgan fingerprint density at radius 1 is 1.08 bits per heavy atom. The quantitative estimate of drug-likeness (QED) is 0.361. The Hall–Kier alpha value is -3.98. The molecule has 0 unspecified atom stereocenters. The van der Waals surface area contributed by atoms with Gasteiger partial charge in [-0.2, -0.15) is 0 Å². The lowest BCUT2D eigenvalue weighted by Crippen LogP contribution is -2.49. The normalized spacial score (nSPS) is 14.7. The van der Waals surface area contributed by atoms with Crippen molar-refractivity contribution >= 4 is 35.3 Å². The first-order valence-electron chi connectivity index (χ1n) is 13.0. The van der Waals surface area contributed by atoms with E-state index in [1.165, 1.54) is 0 Å². The van der Waals surface area contributed by atoms with Crippen LogP contribution in [0.1, 0.15) is 30.9 Å². The minimum Gasteiger partial charge on any atom is -0.497 e. The molecule has 1 aliphatic rings. The van der Waals surface area contributed by atoms with E-state index in [9.17, 15) is 14.4 Å². The van der Waals surface area contributed by atoms with Gasteiger partial charge in [-0.15, -0.1) is 11.8 Å². The maximum atomic E-state index is 13.7. The number of carbonyl (C=O) groups excluding carboxylic acids is 3.